The summed E-state index contributed by atoms with van der Waals surface area (Å²) in [4.78, 5) is 0. The molecule has 1 N–H and O–H groups in total. The van der Waals surface area contributed by atoms with Crippen LogP contribution in [0.15, 0.2) is 55.1 Å². The molecule has 17 heavy (non-hydrogen) atoms. The summed E-state index contributed by atoms with van der Waals surface area (Å²) in [5.41, 5.74) is 0. The van der Waals surface area contributed by atoms with E-state index >= 15 is 0 Å². The molecule has 0 spiro atoms. The van der Waals surface area contributed by atoms with E-state index in [1.165, 1.54) is 12.2 Å². The Hall–Kier alpha value is -1.15. The lowest BCUT2D eigenvalue weighted by molar-refractivity contribution is 0.254. The maximum atomic E-state index is 12.7. The quantitative estimate of drug-likeness (QED) is 0.625. The van der Waals surface area contributed by atoms with Crippen molar-refractivity contribution < 1.29 is 14.2 Å². The van der Waals surface area contributed by atoms with Crippen molar-refractivity contribution in [3.05, 3.63) is 55.1 Å². The second-order valence-electron chi connectivity index (χ2n) is 3.46. The predicted molar refractivity (Wildman–Crippen MR) is 70.7 cm³/mol. The summed E-state index contributed by atoms with van der Waals surface area (Å²) in [7, 11) is -3.30. The number of rotatable bonds is 6. The summed E-state index contributed by atoms with van der Waals surface area (Å²) in [6.45, 7) is 5.41. The normalized spacial score (nSPS) is 16.6. The first kappa shape index (κ1) is 13.9. The lowest BCUT2D eigenvalue weighted by atomic mass is 10.4. The average Bonchev–Trinajstić information content (AvgIpc) is 2.37. The molecular formula is C13H17O3P. The molecule has 0 aromatic heterocycles. The molecule has 0 radical (unpaired) electrons. The van der Waals surface area contributed by atoms with Crippen LogP contribution < -0.4 is 5.30 Å². The van der Waals surface area contributed by atoms with Crippen molar-refractivity contribution in [2.45, 2.75) is 12.8 Å². The zero-order valence-electron chi connectivity index (χ0n) is 9.82. The molecule has 2 atom stereocenters. The molecule has 0 aliphatic heterocycles. The fraction of sp³-hybridized carbons (Fsp3) is 0.231. The van der Waals surface area contributed by atoms with Gasteiger partial charge in [-0.05, 0) is 19.1 Å². The molecule has 0 aliphatic rings. The second-order valence-corrected chi connectivity index (χ2v) is 5.95. The summed E-state index contributed by atoms with van der Waals surface area (Å²) >= 11 is 0. The first-order valence-electron chi connectivity index (χ1n) is 5.37. The highest BCUT2D eigenvalue weighted by molar-refractivity contribution is 7.67. The zero-order valence-corrected chi connectivity index (χ0v) is 10.7. The molecule has 0 saturated carbocycles. The van der Waals surface area contributed by atoms with Crippen LogP contribution in [0.3, 0.4) is 0 Å². The third kappa shape index (κ3) is 3.40. The fourth-order valence-electron chi connectivity index (χ4n) is 1.39. The largest absolute Gasteiger partial charge is 0.378 e. The lowest BCUT2D eigenvalue weighted by Gasteiger charge is -2.21. The standard InChI is InChI=1S/C13H17O3P/c1-3-8-13(14)17(15,16-11-4-2)12-9-6-5-7-10-12/h3-10,13-14H,2,11H2,1H3/b8-3+. The van der Waals surface area contributed by atoms with Crippen molar-refractivity contribution in [1.29, 1.82) is 0 Å². The molecule has 0 heterocycles. The van der Waals surface area contributed by atoms with Gasteiger partial charge in [0.2, 0.25) is 0 Å². The van der Waals surface area contributed by atoms with Gasteiger partial charge in [-0.1, -0.05) is 36.4 Å². The highest BCUT2D eigenvalue weighted by atomic mass is 31.2. The Bertz CT molecular complexity index is 426. The maximum absolute atomic E-state index is 12.7. The number of benzene rings is 1. The van der Waals surface area contributed by atoms with Crippen LogP contribution in [-0.4, -0.2) is 17.6 Å². The minimum atomic E-state index is -3.30. The Kier molecular flexibility index (Phi) is 5.36. The van der Waals surface area contributed by atoms with Crippen molar-refractivity contribution in [3.63, 3.8) is 0 Å². The maximum Gasteiger partial charge on any atom is 0.263 e. The van der Waals surface area contributed by atoms with Crippen LogP contribution in [0.25, 0.3) is 0 Å². The third-order valence-corrected chi connectivity index (χ3v) is 4.63. The molecule has 1 aromatic carbocycles. The molecular weight excluding hydrogens is 235 g/mol. The molecule has 4 heteroatoms. The Morgan fingerprint density at radius 3 is 2.65 bits per heavy atom. The van der Waals surface area contributed by atoms with E-state index < -0.39 is 13.2 Å². The zero-order chi connectivity index (χ0) is 12.7. The minimum absolute atomic E-state index is 0.140. The molecule has 0 bridgehead atoms. The molecule has 1 aromatic rings. The van der Waals surface area contributed by atoms with E-state index in [-0.39, 0.29) is 6.61 Å². The lowest BCUT2D eigenvalue weighted by Crippen LogP contribution is -2.17. The average molecular weight is 252 g/mol. The van der Waals surface area contributed by atoms with Crippen LogP contribution in [0.2, 0.25) is 0 Å². The van der Waals surface area contributed by atoms with Crippen LogP contribution >= 0.6 is 7.37 Å². The summed E-state index contributed by atoms with van der Waals surface area (Å²) in [6, 6.07) is 8.74. The van der Waals surface area contributed by atoms with Crippen molar-refractivity contribution >= 4 is 12.7 Å². The van der Waals surface area contributed by atoms with Gasteiger partial charge < -0.3 is 9.63 Å². The summed E-state index contributed by atoms with van der Waals surface area (Å²) in [6.07, 6.45) is 4.63. The first-order valence-corrected chi connectivity index (χ1v) is 7.06. The van der Waals surface area contributed by atoms with Crippen LogP contribution in [-0.2, 0) is 9.09 Å². The van der Waals surface area contributed by atoms with Crippen LogP contribution in [0.1, 0.15) is 6.92 Å². The molecule has 1 rings (SSSR count). The molecule has 2 unspecified atom stereocenters. The van der Waals surface area contributed by atoms with Gasteiger partial charge in [0.1, 0.15) is 0 Å². The first-order chi connectivity index (χ1) is 8.15. The van der Waals surface area contributed by atoms with Crippen LogP contribution in [0.4, 0.5) is 0 Å². The Balaban J connectivity index is 3.10. The van der Waals surface area contributed by atoms with Gasteiger partial charge in [0.15, 0.2) is 5.85 Å². The Morgan fingerprint density at radius 1 is 1.47 bits per heavy atom. The Labute approximate surface area is 102 Å². The van der Waals surface area contributed by atoms with Gasteiger partial charge in [0, 0.05) is 5.30 Å². The number of aliphatic hydroxyl groups is 1. The molecule has 0 fully saturated rings. The second kappa shape index (κ2) is 6.55. The number of hydrogen-bond acceptors (Lipinski definition) is 3. The fourth-order valence-corrected chi connectivity index (χ4v) is 3.31. The number of allylic oxidation sites excluding steroid dienone is 1. The van der Waals surface area contributed by atoms with Gasteiger partial charge in [-0.15, -0.1) is 6.58 Å². The summed E-state index contributed by atoms with van der Waals surface area (Å²) in [5, 5.41) is 10.4. The highest BCUT2D eigenvalue weighted by Crippen LogP contribution is 2.50. The van der Waals surface area contributed by atoms with E-state index in [0.717, 1.165) is 0 Å². The van der Waals surface area contributed by atoms with Gasteiger partial charge in [-0.3, -0.25) is 4.57 Å². The van der Waals surface area contributed by atoms with Gasteiger partial charge in [-0.25, -0.2) is 0 Å². The number of aliphatic hydroxyl groups excluding tert-OH is 1. The van der Waals surface area contributed by atoms with Crippen molar-refractivity contribution in [2.75, 3.05) is 6.61 Å². The van der Waals surface area contributed by atoms with Crippen LogP contribution in [0.5, 0.6) is 0 Å². The molecule has 3 nitrogen and oxygen atoms in total. The van der Waals surface area contributed by atoms with Gasteiger partial charge >= 0.3 is 0 Å². The summed E-state index contributed by atoms with van der Waals surface area (Å²) < 4.78 is 18.0. The van der Waals surface area contributed by atoms with Crippen LogP contribution in [0, 0.1) is 0 Å². The van der Waals surface area contributed by atoms with Crippen molar-refractivity contribution in [3.8, 4) is 0 Å². The van der Waals surface area contributed by atoms with Crippen molar-refractivity contribution in [1.82, 2.24) is 0 Å². The van der Waals surface area contributed by atoms with Gasteiger partial charge in [0.25, 0.3) is 7.37 Å². The summed E-state index contributed by atoms with van der Waals surface area (Å²) in [5.74, 6) is -1.13. The number of hydrogen-bond donors (Lipinski definition) is 1. The van der Waals surface area contributed by atoms with Gasteiger partial charge in [-0.2, -0.15) is 0 Å². The predicted octanol–water partition coefficient (Wildman–Crippen LogP) is 2.69. The van der Waals surface area contributed by atoms with E-state index in [9.17, 15) is 9.67 Å². The molecule has 0 amide bonds. The van der Waals surface area contributed by atoms with Crippen molar-refractivity contribution in [2.24, 2.45) is 0 Å². The SMILES string of the molecule is C=CCOP(=O)(c1ccccc1)C(O)/C=C/C. The minimum Gasteiger partial charge on any atom is -0.378 e. The molecule has 0 saturated heterocycles. The topological polar surface area (TPSA) is 46.5 Å². The monoisotopic (exact) mass is 252 g/mol. The van der Waals surface area contributed by atoms with E-state index in [1.807, 2.05) is 6.07 Å². The van der Waals surface area contributed by atoms with Gasteiger partial charge in [0.05, 0.1) is 6.61 Å². The van der Waals surface area contributed by atoms with E-state index in [1.54, 1.807) is 37.3 Å². The highest BCUT2D eigenvalue weighted by Gasteiger charge is 2.32. The third-order valence-electron chi connectivity index (χ3n) is 2.21. The van der Waals surface area contributed by atoms with E-state index in [2.05, 4.69) is 6.58 Å². The molecule has 0 aliphatic carbocycles. The smallest absolute Gasteiger partial charge is 0.263 e. The van der Waals surface area contributed by atoms with E-state index in [4.69, 9.17) is 4.52 Å². The molecule has 92 valence electrons. The van der Waals surface area contributed by atoms with E-state index in [0.29, 0.717) is 5.30 Å². The Morgan fingerprint density at radius 2 is 2.12 bits per heavy atom.